The molecular formula is C13H27N3O2. The zero-order chi connectivity index (χ0) is 13.8. The van der Waals surface area contributed by atoms with Crippen LogP contribution in [0.25, 0.3) is 0 Å². The molecule has 0 bridgehead atoms. The zero-order valence-corrected chi connectivity index (χ0v) is 12.0. The molecule has 2 atom stereocenters. The number of piperidine rings is 1. The molecule has 106 valence electrons. The topological polar surface area (TPSA) is 64.6 Å². The average molecular weight is 257 g/mol. The first-order valence-corrected chi connectivity index (χ1v) is 6.66. The van der Waals surface area contributed by atoms with Crippen LogP contribution < -0.4 is 10.6 Å². The van der Waals surface area contributed by atoms with Gasteiger partial charge in [-0.05, 0) is 53.8 Å². The number of rotatable bonds is 5. The molecule has 1 aliphatic heterocycles. The minimum Gasteiger partial charge on any atom is -0.387 e. The molecule has 1 fully saturated rings. The van der Waals surface area contributed by atoms with Gasteiger partial charge in [0.25, 0.3) is 0 Å². The van der Waals surface area contributed by atoms with Gasteiger partial charge >= 0.3 is 0 Å². The Hall–Kier alpha value is -0.650. The fourth-order valence-corrected chi connectivity index (χ4v) is 2.45. The summed E-state index contributed by atoms with van der Waals surface area (Å²) in [5.41, 5.74) is -1.38. The zero-order valence-electron chi connectivity index (χ0n) is 12.0. The van der Waals surface area contributed by atoms with Crippen molar-refractivity contribution in [2.75, 3.05) is 33.7 Å². The number of carbonyl (C=O) groups excluding carboxylic acids is 1. The van der Waals surface area contributed by atoms with E-state index in [4.69, 9.17) is 0 Å². The number of aliphatic hydroxyl groups is 1. The van der Waals surface area contributed by atoms with Gasteiger partial charge in [0.1, 0.15) is 0 Å². The van der Waals surface area contributed by atoms with Crippen molar-refractivity contribution in [3.8, 4) is 0 Å². The number of hydrogen-bond donors (Lipinski definition) is 3. The highest BCUT2D eigenvalue weighted by atomic mass is 16.3. The van der Waals surface area contributed by atoms with Crippen molar-refractivity contribution in [1.82, 2.24) is 15.5 Å². The quantitative estimate of drug-likeness (QED) is 0.646. The molecule has 1 amide bonds. The Morgan fingerprint density at radius 3 is 2.67 bits per heavy atom. The number of likely N-dealkylation sites (N-methyl/N-ethyl adjacent to an activating group) is 1. The minimum absolute atomic E-state index is 0.0127. The lowest BCUT2D eigenvalue weighted by Crippen LogP contribution is -2.59. The molecule has 0 aromatic rings. The monoisotopic (exact) mass is 257 g/mol. The van der Waals surface area contributed by atoms with Gasteiger partial charge in [0.2, 0.25) is 5.91 Å². The molecular weight excluding hydrogens is 230 g/mol. The molecule has 2 unspecified atom stereocenters. The summed E-state index contributed by atoms with van der Waals surface area (Å²) in [4.78, 5) is 14.1. The van der Waals surface area contributed by atoms with Gasteiger partial charge < -0.3 is 20.6 Å². The molecule has 18 heavy (non-hydrogen) atoms. The Bertz CT molecular complexity index is 284. The molecule has 0 aromatic carbocycles. The van der Waals surface area contributed by atoms with Gasteiger partial charge in [-0.15, -0.1) is 0 Å². The largest absolute Gasteiger partial charge is 0.387 e. The van der Waals surface area contributed by atoms with Crippen LogP contribution in [0.1, 0.15) is 33.1 Å². The SMILES string of the molecule is CN(C)CC(C)(O)CNC(=O)C1(C)CCCCN1. The Morgan fingerprint density at radius 1 is 1.50 bits per heavy atom. The first kappa shape index (κ1) is 15.4. The predicted molar refractivity (Wildman–Crippen MR) is 72.4 cm³/mol. The fraction of sp³-hybridized carbons (Fsp3) is 0.923. The molecule has 1 saturated heterocycles. The summed E-state index contributed by atoms with van der Waals surface area (Å²) in [5, 5.41) is 16.3. The summed E-state index contributed by atoms with van der Waals surface area (Å²) in [6.07, 6.45) is 3.06. The van der Waals surface area contributed by atoms with Gasteiger partial charge in [0.05, 0.1) is 11.1 Å². The minimum atomic E-state index is -0.899. The number of nitrogens with zero attached hydrogens (tertiary/aromatic N) is 1. The summed E-state index contributed by atoms with van der Waals surface area (Å²) < 4.78 is 0. The van der Waals surface area contributed by atoms with Crippen LogP contribution in [0.2, 0.25) is 0 Å². The van der Waals surface area contributed by atoms with Gasteiger partial charge in [0, 0.05) is 13.1 Å². The molecule has 5 heteroatoms. The lowest BCUT2D eigenvalue weighted by molar-refractivity contribution is -0.129. The van der Waals surface area contributed by atoms with E-state index in [-0.39, 0.29) is 12.5 Å². The number of amides is 1. The van der Waals surface area contributed by atoms with E-state index < -0.39 is 11.1 Å². The maximum absolute atomic E-state index is 12.2. The Morgan fingerprint density at radius 2 is 2.17 bits per heavy atom. The van der Waals surface area contributed by atoms with E-state index in [1.165, 1.54) is 0 Å². The maximum atomic E-state index is 12.2. The van der Waals surface area contributed by atoms with Crippen molar-refractivity contribution in [3.05, 3.63) is 0 Å². The smallest absolute Gasteiger partial charge is 0.240 e. The van der Waals surface area contributed by atoms with Crippen LogP contribution in [-0.4, -0.2) is 60.8 Å². The second-order valence-corrected chi connectivity index (χ2v) is 6.13. The van der Waals surface area contributed by atoms with Crippen LogP contribution >= 0.6 is 0 Å². The second-order valence-electron chi connectivity index (χ2n) is 6.13. The molecule has 3 N–H and O–H groups in total. The van der Waals surface area contributed by atoms with Crippen LogP contribution in [0.15, 0.2) is 0 Å². The standard InChI is InChI=1S/C13H27N3O2/c1-12(18,10-16(3)4)9-14-11(17)13(2)7-5-6-8-15-13/h15,18H,5-10H2,1-4H3,(H,14,17). The van der Waals surface area contributed by atoms with Crippen molar-refractivity contribution < 1.29 is 9.90 Å². The predicted octanol–water partition coefficient (Wildman–Crippen LogP) is -0.0526. The third kappa shape index (κ3) is 4.55. The van der Waals surface area contributed by atoms with Crippen molar-refractivity contribution in [2.24, 2.45) is 0 Å². The summed E-state index contributed by atoms with van der Waals surface area (Å²) in [6, 6.07) is 0. The van der Waals surface area contributed by atoms with E-state index >= 15 is 0 Å². The summed E-state index contributed by atoms with van der Waals surface area (Å²) in [6.45, 7) is 5.36. The van der Waals surface area contributed by atoms with E-state index in [2.05, 4.69) is 10.6 Å². The third-order valence-electron chi connectivity index (χ3n) is 3.41. The molecule has 1 aliphatic rings. The summed E-state index contributed by atoms with van der Waals surface area (Å²) >= 11 is 0. The summed E-state index contributed by atoms with van der Waals surface area (Å²) in [7, 11) is 3.81. The molecule has 0 aliphatic carbocycles. The molecule has 0 aromatic heterocycles. The Kier molecular flexibility index (Phi) is 5.13. The van der Waals surface area contributed by atoms with Gasteiger partial charge in [-0.1, -0.05) is 0 Å². The van der Waals surface area contributed by atoms with Gasteiger partial charge in [-0.3, -0.25) is 4.79 Å². The molecule has 5 nitrogen and oxygen atoms in total. The van der Waals surface area contributed by atoms with Crippen molar-refractivity contribution in [2.45, 2.75) is 44.2 Å². The van der Waals surface area contributed by atoms with E-state index in [9.17, 15) is 9.90 Å². The molecule has 0 saturated carbocycles. The van der Waals surface area contributed by atoms with E-state index in [1.54, 1.807) is 6.92 Å². The lowest BCUT2D eigenvalue weighted by atomic mass is 9.90. The second kappa shape index (κ2) is 5.99. The van der Waals surface area contributed by atoms with Gasteiger partial charge in [-0.2, -0.15) is 0 Å². The van der Waals surface area contributed by atoms with E-state index in [0.717, 1.165) is 25.8 Å². The van der Waals surface area contributed by atoms with Crippen LogP contribution in [0, 0.1) is 0 Å². The Labute approximate surface area is 110 Å². The maximum Gasteiger partial charge on any atom is 0.240 e. The Balaban J connectivity index is 2.45. The first-order valence-electron chi connectivity index (χ1n) is 6.66. The molecule has 0 spiro atoms. The first-order chi connectivity index (χ1) is 8.25. The molecule has 1 rings (SSSR count). The third-order valence-corrected chi connectivity index (χ3v) is 3.41. The number of hydrogen-bond acceptors (Lipinski definition) is 4. The van der Waals surface area contributed by atoms with Crippen LogP contribution in [0.5, 0.6) is 0 Å². The van der Waals surface area contributed by atoms with E-state index in [1.807, 2.05) is 25.9 Å². The van der Waals surface area contributed by atoms with Crippen molar-refractivity contribution in [1.29, 1.82) is 0 Å². The lowest BCUT2D eigenvalue weighted by Gasteiger charge is -2.35. The van der Waals surface area contributed by atoms with Crippen molar-refractivity contribution >= 4 is 5.91 Å². The summed E-state index contributed by atoms with van der Waals surface area (Å²) in [5.74, 6) is -0.0127. The van der Waals surface area contributed by atoms with Crippen molar-refractivity contribution in [3.63, 3.8) is 0 Å². The average Bonchev–Trinajstić information content (AvgIpc) is 2.25. The highest BCUT2D eigenvalue weighted by Gasteiger charge is 2.35. The van der Waals surface area contributed by atoms with Gasteiger partial charge in [-0.25, -0.2) is 0 Å². The van der Waals surface area contributed by atoms with Crippen LogP contribution in [0.4, 0.5) is 0 Å². The highest BCUT2D eigenvalue weighted by molar-refractivity contribution is 5.86. The van der Waals surface area contributed by atoms with Gasteiger partial charge in [0.15, 0.2) is 0 Å². The number of carbonyl (C=O) groups is 1. The normalized spacial score (nSPS) is 27.9. The molecule has 0 radical (unpaired) electrons. The number of nitrogens with one attached hydrogen (secondary N) is 2. The van der Waals surface area contributed by atoms with Crippen LogP contribution in [-0.2, 0) is 4.79 Å². The van der Waals surface area contributed by atoms with E-state index in [0.29, 0.717) is 6.54 Å². The highest BCUT2D eigenvalue weighted by Crippen LogP contribution is 2.18. The van der Waals surface area contributed by atoms with Crippen LogP contribution in [0.3, 0.4) is 0 Å². The fourth-order valence-electron chi connectivity index (χ4n) is 2.45. The molecule has 1 heterocycles.